The average Bonchev–Trinajstić information content (AvgIpc) is 0.924. The molecule has 119 heavy (non-hydrogen) atoms. The van der Waals surface area contributed by atoms with Crippen molar-refractivity contribution in [1.29, 1.82) is 0 Å². The highest BCUT2D eigenvalue weighted by Crippen LogP contribution is 2.45. The number of phosphoric ester groups is 2. The van der Waals surface area contributed by atoms with Crippen LogP contribution in [0.5, 0.6) is 0 Å². The van der Waals surface area contributed by atoms with Crippen LogP contribution in [0.15, 0.2) is 207 Å². The minimum atomic E-state index is -4.96. The summed E-state index contributed by atoms with van der Waals surface area (Å²) in [5, 5.41) is 20.7. The Balaban J connectivity index is 4.56. The number of phosphoric acid groups is 2. The summed E-state index contributed by atoms with van der Waals surface area (Å²) in [6, 6.07) is 0. The summed E-state index contributed by atoms with van der Waals surface area (Å²) in [5.41, 5.74) is 0. The van der Waals surface area contributed by atoms with E-state index in [4.69, 9.17) is 32.3 Å². The van der Waals surface area contributed by atoms with Crippen molar-refractivity contribution in [2.45, 2.75) is 373 Å². The van der Waals surface area contributed by atoms with Gasteiger partial charge in [-0.2, -0.15) is 0 Å². The van der Waals surface area contributed by atoms with E-state index in [-0.39, 0.29) is 19.3 Å². The Morgan fingerprint density at radius 2 is 0.420 bits per heavy atom. The maximum atomic E-state index is 13.0. The zero-order chi connectivity index (χ0) is 86.5. The topological polar surface area (TPSA) is 231 Å². The fourth-order valence-electron chi connectivity index (χ4n) is 12.1. The summed E-state index contributed by atoms with van der Waals surface area (Å²) in [7, 11) is -9.83. The van der Waals surface area contributed by atoms with Gasteiger partial charge in [-0.05, 0) is 167 Å². The number of ether oxygens (including phenoxy) is 3. The molecule has 0 saturated carbocycles. The van der Waals surface area contributed by atoms with E-state index in [9.17, 15) is 43.5 Å². The van der Waals surface area contributed by atoms with Crippen LogP contribution < -0.4 is 0 Å². The number of carbonyl (C=O) groups excluding carboxylic acids is 3. The number of carbonyl (C=O) groups is 3. The van der Waals surface area contributed by atoms with Crippen LogP contribution in [0.1, 0.15) is 355 Å². The van der Waals surface area contributed by atoms with E-state index in [1.165, 1.54) is 116 Å². The molecule has 0 rings (SSSR count). The van der Waals surface area contributed by atoms with Crippen molar-refractivity contribution in [1.82, 2.24) is 0 Å². The molecule has 0 radical (unpaired) electrons. The molecule has 0 aromatic carbocycles. The molecule has 18 heteroatoms. The van der Waals surface area contributed by atoms with E-state index in [2.05, 4.69) is 227 Å². The smallest absolute Gasteiger partial charge is 0.463 e. The Kier molecular flexibility index (Phi) is 86.8. The molecule has 5 unspecified atom stereocenters. The summed E-state index contributed by atoms with van der Waals surface area (Å²) >= 11 is 0. The first-order valence-corrected chi connectivity index (χ1v) is 49.4. The molecule has 0 spiro atoms. The monoisotopic (exact) mass is 1700 g/mol. The molecule has 0 fully saturated rings. The summed E-state index contributed by atoms with van der Waals surface area (Å²) in [4.78, 5) is 59.0. The maximum Gasteiger partial charge on any atom is 0.472 e. The second-order valence-corrected chi connectivity index (χ2v) is 33.2. The number of hydrogen-bond donors (Lipinski definition) is 4. The van der Waals surface area contributed by atoms with Gasteiger partial charge in [0, 0.05) is 19.3 Å². The van der Waals surface area contributed by atoms with Gasteiger partial charge >= 0.3 is 33.6 Å². The van der Waals surface area contributed by atoms with E-state index in [0.29, 0.717) is 19.3 Å². The summed E-state index contributed by atoms with van der Waals surface area (Å²) in [6.07, 6.45) is 123. The van der Waals surface area contributed by atoms with Crippen molar-refractivity contribution < 1.29 is 75.8 Å². The molecular weight excluding hydrogens is 1530 g/mol. The predicted molar refractivity (Wildman–Crippen MR) is 500 cm³/mol. The third-order valence-corrected chi connectivity index (χ3v) is 20.9. The Labute approximate surface area is 724 Å². The molecule has 0 aromatic heterocycles. The third-order valence-electron chi connectivity index (χ3n) is 19.0. The molecule has 0 aliphatic heterocycles. The van der Waals surface area contributed by atoms with Crippen LogP contribution in [0.2, 0.25) is 0 Å². The van der Waals surface area contributed by atoms with E-state index >= 15 is 0 Å². The Hall–Kier alpha value is -5.87. The molecule has 0 amide bonds. The SMILES string of the molecule is CC/C=C\C/C=C\C/C=C\C/C=C\C/C=C\C/C=C\CCCCCCCCCCCCCCCCCCC(=O)OCC(O)COP(=O)(O)OCC(O)COP(=O)(O)OCC(COC(=O)CCCCCCCCCCCC/C=C\C/C=C\C/C=C\C/C=C\C/C=C\C/C=C\CC)OC(=O)CCCCC/C=C\C/C=C\C/C=C\C/C=C\C/C=C\CC. The van der Waals surface area contributed by atoms with Gasteiger partial charge in [0.25, 0.3) is 0 Å². The molecule has 0 saturated heterocycles. The van der Waals surface area contributed by atoms with Gasteiger partial charge in [-0.25, -0.2) is 9.13 Å². The minimum Gasteiger partial charge on any atom is -0.463 e. The summed E-state index contributed by atoms with van der Waals surface area (Å²) in [6.45, 7) is 2.31. The lowest BCUT2D eigenvalue weighted by Gasteiger charge is -2.21. The van der Waals surface area contributed by atoms with Crippen molar-refractivity contribution in [3.05, 3.63) is 207 Å². The van der Waals surface area contributed by atoms with Gasteiger partial charge in [-0.15, -0.1) is 0 Å². The number of aliphatic hydroxyl groups excluding tert-OH is 2. The highest BCUT2D eigenvalue weighted by atomic mass is 31.2. The predicted octanol–water partition coefficient (Wildman–Crippen LogP) is 28.8. The molecule has 676 valence electrons. The van der Waals surface area contributed by atoms with Gasteiger partial charge in [-0.1, -0.05) is 375 Å². The molecule has 0 aliphatic carbocycles. The van der Waals surface area contributed by atoms with Gasteiger partial charge in [0.1, 0.15) is 25.4 Å². The van der Waals surface area contributed by atoms with Gasteiger partial charge in [0.2, 0.25) is 0 Å². The summed E-state index contributed by atoms with van der Waals surface area (Å²) < 4.78 is 61.4. The van der Waals surface area contributed by atoms with Crippen LogP contribution in [0, 0.1) is 0 Å². The molecular formula is C101H166O16P2. The van der Waals surface area contributed by atoms with E-state index in [1.807, 2.05) is 0 Å². The van der Waals surface area contributed by atoms with Crippen molar-refractivity contribution in [3.63, 3.8) is 0 Å². The van der Waals surface area contributed by atoms with Crippen LogP contribution in [-0.4, -0.2) is 95.9 Å². The normalized spacial score (nSPS) is 14.7. The lowest BCUT2D eigenvalue weighted by molar-refractivity contribution is -0.161. The van der Waals surface area contributed by atoms with Crippen LogP contribution >= 0.6 is 15.6 Å². The number of allylic oxidation sites excluding steroid dienone is 34. The molecule has 0 aliphatic rings. The van der Waals surface area contributed by atoms with Gasteiger partial charge < -0.3 is 34.2 Å². The fraction of sp³-hybridized carbons (Fsp3) is 0.634. The second-order valence-electron chi connectivity index (χ2n) is 30.3. The number of hydrogen-bond acceptors (Lipinski definition) is 14. The molecule has 0 heterocycles. The number of unbranched alkanes of at least 4 members (excludes halogenated alkanes) is 29. The first-order chi connectivity index (χ1) is 58.2. The average molecular weight is 1700 g/mol. The standard InChI is InChI=1S/C101H166O16P2/c1-4-7-10-13-16-19-22-25-28-31-34-36-38-40-42-44-45-46-47-48-49-51-53-54-56-58-61-63-66-69-72-75-78-81-84-87-99(104)111-90-96(102)91-113-118(107,108)114-92-97(103)93-115-119(109,110)116-95-98(117-101(106)89-86-83-80-77-74-71-68-65-60-33-30-27-24-21-18-15-12-9-6-3)94-112-100(105)88-85-82-79-76-73-70-67-64-62-59-57-55-52-50-43-41-39-37-35-32-29-26-23-20-17-14-11-8-5-2/h7-12,16-21,25-30,34-37,40-43,45-46,52,55,60,65,71,74,96-98,102-103H,4-6,13-15,22-24,31-33,38-39,44,47-51,53-54,56-59,61-64,66-70,72-73,75-95H2,1-3H3,(H,107,108)(H,109,110)/b10-7-,11-8-,12-9-,19-16-,20-17-,21-18-,28-25-,29-26-,30-27-,36-34-,37-35-,42-40-,43-41-,46-45-,55-52-,65-60-,74-71-. The minimum absolute atomic E-state index is 0.0579. The molecule has 5 atom stereocenters. The molecule has 4 N–H and O–H groups in total. The number of rotatable bonds is 86. The van der Waals surface area contributed by atoms with Crippen LogP contribution in [0.4, 0.5) is 0 Å². The Morgan fingerprint density at radius 3 is 0.672 bits per heavy atom. The van der Waals surface area contributed by atoms with E-state index in [1.54, 1.807) is 0 Å². The highest BCUT2D eigenvalue weighted by molar-refractivity contribution is 7.47. The Bertz CT molecular complexity index is 2990. The molecule has 16 nitrogen and oxygen atoms in total. The van der Waals surface area contributed by atoms with Crippen LogP contribution in [0.3, 0.4) is 0 Å². The number of esters is 3. The lowest BCUT2D eigenvalue weighted by Crippen LogP contribution is -2.30. The zero-order valence-electron chi connectivity index (χ0n) is 74.5. The second kappa shape index (κ2) is 91.3. The zero-order valence-corrected chi connectivity index (χ0v) is 76.2. The molecule has 0 aromatic rings. The fourth-order valence-corrected chi connectivity index (χ4v) is 13.7. The van der Waals surface area contributed by atoms with Crippen LogP contribution in [-0.2, 0) is 55.8 Å². The third kappa shape index (κ3) is 92.7. The van der Waals surface area contributed by atoms with E-state index < -0.39 is 91.5 Å². The summed E-state index contributed by atoms with van der Waals surface area (Å²) in [5.74, 6) is -1.62. The van der Waals surface area contributed by atoms with Crippen LogP contribution in [0.25, 0.3) is 0 Å². The highest BCUT2D eigenvalue weighted by Gasteiger charge is 2.29. The number of aliphatic hydroxyl groups is 2. The first kappa shape index (κ1) is 113. The molecule has 0 bridgehead atoms. The Morgan fingerprint density at radius 1 is 0.235 bits per heavy atom. The van der Waals surface area contributed by atoms with Crippen molar-refractivity contribution >= 4 is 33.6 Å². The van der Waals surface area contributed by atoms with Gasteiger partial charge in [0.05, 0.1) is 26.4 Å². The van der Waals surface area contributed by atoms with Crippen molar-refractivity contribution in [2.24, 2.45) is 0 Å². The first-order valence-electron chi connectivity index (χ1n) is 46.4. The van der Waals surface area contributed by atoms with Crippen molar-refractivity contribution in [3.8, 4) is 0 Å². The van der Waals surface area contributed by atoms with Gasteiger partial charge in [0.15, 0.2) is 6.10 Å². The lowest BCUT2D eigenvalue weighted by atomic mass is 10.0. The quantitative estimate of drug-likeness (QED) is 0.0146. The van der Waals surface area contributed by atoms with Crippen molar-refractivity contribution in [2.75, 3.05) is 39.6 Å². The largest absolute Gasteiger partial charge is 0.472 e. The van der Waals surface area contributed by atoms with Gasteiger partial charge in [-0.3, -0.25) is 32.5 Å². The van der Waals surface area contributed by atoms with E-state index in [0.717, 1.165) is 180 Å². The maximum absolute atomic E-state index is 13.0.